The minimum absolute atomic E-state index is 0.0663. The number of para-hydroxylation sites is 1. The van der Waals surface area contributed by atoms with E-state index >= 15 is 0 Å². The Labute approximate surface area is 211 Å². The van der Waals surface area contributed by atoms with Crippen molar-refractivity contribution in [3.8, 4) is 33.9 Å². The summed E-state index contributed by atoms with van der Waals surface area (Å²) in [6.45, 7) is 0. The average Bonchev–Trinajstić information content (AvgIpc) is 3.74. The SMILES string of the molecule is O=C(Nc1cncc(-c2cc3c(-c4nc5c(-c6ccoc6)cccc5[nH]4)n[nH]c3cn2)c1)C1CCCC1. The number of H-pyrrole nitrogens is 2. The van der Waals surface area contributed by atoms with Crippen LogP contribution in [-0.4, -0.2) is 36.0 Å². The molecule has 0 unspecified atom stereocenters. The summed E-state index contributed by atoms with van der Waals surface area (Å²) in [5.41, 5.74) is 7.42. The number of amides is 1. The summed E-state index contributed by atoms with van der Waals surface area (Å²) in [4.78, 5) is 29.8. The number of furan rings is 1. The number of fused-ring (bicyclic) bond motifs is 2. The zero-order valence-electron chi connectivity index (χ0n) is 19.9. The second-order valence-electron chi connectivity index (χ2n) is 9.42. The molecule has 0 saturated heterocycles. The predicted octanol–water partition coefficient (Wildman–Crippen LogP) is 5.95. The van der Waals surface area contributed by atoms with Crippen molar-refractivity contribution in [3.63, 3.8) is 0 Å². The highest BCUT2D eigenvalue weighted by atomic mass is 16.3. The summed E-state index contributed by atoms with van der Waals surface area (Å²) < 4.78 is 5.27. The van der Waals surface area contributed by atoms with Gasteiger partial charge in [0.1, 0.15) is 5.69 Å². The zero-order chi connectivity index (χ0) is 24.8. The van der Waals surface area contributed by atoms with Crippen LogP contribution < -0.4 is 5.32 Å². The van der Waals surface area contributed by atoms with Crippen molar-refractivity contribution in [1.29, 1.82) is 0 Å². The summed E-state index contributed by atoms with van der Waals surface area (Å²) in [7, 11) is 0. The highest BCUT2D eigenvalue weighted by molar-refractivity contribution is 5.98. The minimum Gasteiger partial charge on any atom is -0.472 e. The van der Waals surface area contributed by atoms with Gasteiger partial charge in [-0.3, -0.25) is 19.9 Å². The molecule has 182 valence electrons. The van der Waals surface area contributed by atoms with Crippen molar-refractivity contribution in [1.82, 2.24) is 30.1 Å². The fraction of sp³-hybridized carbons (Fsp3) is 0.179. The molecule has 1 aliphatic rings. The standard InChI is InChI=1S/C28H23N7O2/c36-28(16-4-1-2-5-16)31-19-10-18(12-29-13-19)23-11-21-24(14-30-23)34-35-26(21)27-32-22-7-3-6-20(25(22)33-27)17-8-9-37-15-17/h3,6-16H,1-2,4-5H2,(H,31,36)(H,32,33)(H,34,35). The first-order chi connectivity index (χ1) is 18.2. The molecule has 9 nitrogen and oxygen atoms in total. The average molecular weight is 490 g/mol. The van der Waals surface area contributed by atoms with Crippen molar-refractivity contribution < 1.29 is 9.21 Å². The van der Waals surface area contributed by atoms with E-state index in [0.29, 0.717) is 17.2 Å². The second-order valence-corrected chi connectivity index (χ2v) is 9.42. The van der Waals surface area contributed by atoms with E-state index in [9.17, 15) is 4.79 Å². The number of hydrogen-bond acceptors (Lipinski definition) is 6. The second kappa shape index (κ2) is 8.70. The van der Waals surface area contributed by atoms with Crippen LogP contribution in [0.3, 0.4) is 0 Å². The van der Waals surface area contributed by atoms with Gasteiger partial charge in [0.15, 0.2) is 5.82 Å². The van der Waals surface area contributed by atoms with Crippen LogP contribution in [0.1, 0.15) is 25.7 Å². The van der Waals surface area contributed by atoms with Crippen molar-refractivity contribution >= 4 is 33.5 Å². The first-order valence-corrected chi connectivity index (χ1v) is 12.3. The normalized spacial score (nSPS) is 14.1. The molecule has 5 heterocycles. The van der Waals surface area contributed by atoms with Crippen LogP contribution >= 0.6 is 0 Å². The van der Waals surface area contributed by atoms with Crippen LogP contribution in [0.4, 0.5) is 5.69 Å². The molecule has 0 bridgehead atoms. The van der Waals surface area contributed by atoms with E-state index in [1.165, 1.54) is 0 Å². The molecule has 1 fully saturated rings. The van der Waals surface area contributed by atoms with Crippen LogP contribution in [0.2, 0.25) is 0 Å². The first kappa shape index (κ1) is 21.5. The van der Waals surface area contributed by atoms with Crippen LogP contribution in [-0.2, 0) is 4.79 Å². The van der Waals surface area contributed by atoms with Gasteiger partial charge in [0.25, 0.3) is 0 Å². The van der Waals surface area contributed by atoms with E-state index in [2.05, 4.69) is 30.5 Å². The van der Waals surface area contributed by atoms with Gasteiger partial charge in [0.2, 0.25) is 5.91 Å². The Kier molecular flexibility index (Phi) is 5.05. The topological polar surface area (TPSA) is 125 Å². The third-order valence-corrected chi connectivity index (χ3v) is 7.04. The van der Waals surface area contributed by atoms with E-state index < -0.39 is 0 Å². The van der Waals surface area contributed by atoms with Gasteiger partial charge < -0.3 is 14.7 Å². The molecule has 6 aromatic rings. The molecule has 0 aliphatic heterocycles. The molecule has 5 aromatic heterocycles. The van der Waals surface area contributed by atoms with Crippen molar-refractivity contribution in [2.75, 3.05) is 5.32 Å². The smallest absolute Gasteiger partial charge is 0.227 e. The Morgan fingerprint density at radius 1 is 1.03 bits per heavy atom. The van der Waals surface area contributed by atoms with Gasteiger partial charge in [-0.15, -0.1) is 0 Å². The number of carbonyl (C=O) groups is 1. The van der Waals surface area contributed by atoms with Gasteiger partial charge in [-0.05, 0) is 37.1 Å². The van der Waals surface area contributed by atoms with Gasteiger partial charge in [-0.1, -0.05) is 25.0 Å². The lowest BCUT2D eigenvalue weighted by molar-refractivity contribution is -0.119. The fourth-order valence-electron chi connectivity index (χ4n) is 5.13. The Morgan fingerprint density at radius 2 is 1.95 bits per heavy atom. The van der Waals surface area contributed by atoms with E-state index in [-0.39, 0.29) is 11.8 Å². The highest BCUT2D eigenvalue weighted by Gasteiger charge is 2.23. The van der Waals surface area contributed by atoms with Crippen molar-refractivity contribution in [2.24, 2.45) is 5.92 Å². The van der Waals surface area contributed by atoms with Crippen LogP contribution in [0.15, 0.2) is 71.9 Å². The number of anilines is 1. The third-order valence-electron chi connectivity index (χ3n) is 7.04. The maximum atomic E-state index is 12.6. The molecule has 1 amide bonds. The van der Waals surface area contributed by atoms with Crippen LogP contribution in [0, 0.1) is 5.92 Å². The summed E-state index contributed by atoms with van der Waals surface area (Å²) in [6.07, 6.45) is 12.7. The summed E-state index contributed by atoms with van der Waals surface area (Å²) >= 11 is 0. The van der Waals surface area contributed by atoms with Crippen LogP contribution in [0.25, 0.3) is 55.8 Å². The van der Waals surface area contributed by atoms with Gasteiger partial charge in [0, 0.05) is 34.2 Å². The lowest BCUT2D eigenvalue weighted by Crippen LogP contribution is -2.20. The lowest BCUT2D eigenvalue weighted by atomic mass is 10.1. The Balaban J connectivity index is 1.25. The number of aromatic nitrogens is 6. The zero-order valence-corrected chi connectivity index (χ0v) is 19.9. The summed E-state index contributed by atoms with van der Waals surface area (Å²) in [5.74, 6) is 0.811. The molecule has 1 saturated carbocycles. The maximum Gasteiger partial charge on any atom is 0.227 e. The molecule has 0 spiro atoms. The Morgan fingerprint density at radius 3 is 2.81 bits per heavy atom. The Bertz CT molecular complexity index is 1740. The van der Waals surface area contributed by atoms with Crippen molar-refractivity contribution in [3.05, 3.63) is 67.5 Å². The number of aromatic amines is 2. The molecule has 0 atom stereocenters. The minimum atomic E-state index is 0.0663. The molecule has 9 heteroatoms. The molecular weight excluding hydrogens is 466 g/mol. The van der Waals surface area contributed by atoms with Gasteiger partial charge in [-0.25, -0.2) is 4.98 Å². The first-order valence-electron chi connectivity index (χ1n) is 12.3. The number of imidazole rings is 1. The van der Waals surface area contributed by atoms with Gasteiger partial charge >= 0.3 is 0 Å². The Hall–Kier alpha value is -4.79. The van der Waals surface area contributed by atoms with E-state index in [4.69, 9.17) is 9.40 Å². The fourth-order valence-corrected chi connectivity index (χ4v) is 5.13. The maximum absolute atomic E-state index is 12.6. The predicted molar refractivity (Wildman–Crippen MR) is 140 cm³/mol. The van der Waals surface area contributed by atoms with E-state index in [0.717, 1.165) is 70.0 Å². The van der Waals surface area contributed by atoms with E-state index in [1.807, 2.05) is 36.4 Å². The molecule has 1 aromatic carbocycles. The number of carbonyl (C=O) groups excluding carboxylic acids is 1. The van der Waals surface area contributed by atoms with Crippen LogP contribution in [0.5, 0.6) is 0 Å². The summed E-state index contributed by atoms with van der Waals surface area (Å²) in [5, 5.41) is 11.5. The number of benzene rings is 1. The number of rotatable bonds is 5. The van der Waals surface area contributed by atoms with Gasteiger partial charge in [-0.2, -0.15) is 5.10 Å². The molecule has 7 rings (SSSR count). The van der Waals surface area contributed by atoms with Crippen molar-refractivity contribution in [2.45, 2.75) is 25.7 Å². The number of hydrogen-bond donors (Lipinski definition) is 3. The molecule has 37 heavy (non-hydrogen) atoms. The third kappa shape index (κ3) is 3.85. The lowest BCUT2D eigenvalue weighted by Gasteiger charge is -2.11. The monoisotopic (exact) mass is 489 g/mol. The quantitative estimate of drug-likeness (QED) is 0.275. The number of nitrogens with one attached hydrogen (secondary N) is 3. The molecule has 0 radical (unpaired) electrons. The largest absolute Gasteiger partial charge is 0.472 e. The highest BCUT2D eigenvalue weighted by Crippen LogP contribution is 2.33. The van der Waals surface area contributed by atoms with Gasteiger partial charge in [0.05, 0.1) is 52.9 Å². The van der Waals surface area contributed by atoms with E-state index in [1.54, 1.807) is 31.1 Å². The number of nitrogens with zero attached hydrogens (tertiary/aromatic N) is 4. The molecular formula is C28H23N7O2. The molecule has 3 N–H and O–H groups in total. The summed E-state index contributed by atoms with van der Waals surface area (Å²) in [6, 6.07) is 11.8. The number of pyridine rings is 2. The molecule has 1 aliphatic carbocycles.